The average Bonchev–Trinajstić information content (AvgIpc) is 3.27. The molecule has 0 amide bonds. The number of nitrogens with zero attached hydrogens (tertiary/aromatic N) is 3. The predicted molar refractivity (Wildman–Crippen MR) is 119 cm³/mol. The molecule has 1 aliphatic carbocycles. The van der Waals surface area contributed by atoms with Crippen LogP contribution in [0.2, 0.25) is 0 Å². The minimum atomic E-state index is -0.786. The second-order valence-corrected chi connectivity index (χ2v) is 8.62. The van der Waals surface area contributed by atoms with E-state index in [-0.39, 0.29) is 0 Å². The van der Waals surface area contributed by atoms with Gasteiger partial charge in [0.1, 0.15) is 0 Å². The van der Waals surface area contributed by atoms with E-state index in [0.717, 1.165) is 63.1 Å². The number of halogens is 2. The Morgan fingerprint density at radius 3 is 2.53 bits per heavy atom. The van der Waals surface area contributed by atoms with E-state index >= 15 is 0 Å². The number of likely N-dealkylation sites (N-methyl/N-ethyl adjacent to an activating group) is 1. The second kappa shape index (κ2) is 11.6. The summed E-state index contributed by atoms with van der Waals surface area (Å²) < 4.78 is 26.5. The normalized spacial score (nSPS) is 19.6. The molecule has 30 heavy (non-hydrogen) atoms. The summed E-state index contributed by atoms with van der Waals surface area (Å²) >= 11 is 0. The van der Waals surface area contributed by atoms with Crippen molar-refractivity contribution in [2.75, 3.05) is 39.8 Å². The minimum Gasteiger partial charge on any atom is -0.357 e. The highest BCUT2D eigenvalue weighted by molar-refractivity contribution is 5.80. The lowest BCUT2D eigenvalue weighted by Crippen LogP contribution is -2.48. The van der Waals surface area contributed by atoms with E-state index in [1.165, 1.54) is 37.8 Å². The first-order valence-corrected chi connectivity index (χ1v) is 11.5. The smallest absolute Gasteiger partial charge is 0.191 e. The van der Waals surface area contributed by atoms with Crippen LogP contribution >= 0.6 is 0 Å². The summed E-state index contributed by atoms with van der Waals surface area (Å²) in [4.78, 5) is 9.54. The Balaban J connectivity index is 1.42. The summed E-state index contributed by atoms with van der Waals surface area (Å²) in [5.74, 6) is -0.656. The van der Waals surface area contributed by atoms with Crippen molar-refractivity contribution in [2.45, 2.75) is 64.1 Å². The first kappa shape index (κ1) is 22.9. The van der Waals surface area contributed by atoms with E-state index in [0.29, 0.717) is 12.6 Å². The molecule has 3 rings (SSSR count). The van der Waals surface area contributed by atoms with Crippen molar-refractivity contribution in [3.8, 4) is 0 Å². The highest BCUT2D eigenvalue weighted by atomic mass is 19.2. The number of hydrogen-bond donors (Lipinski definition) is 2. The number of likely N-dealkylation sites (tertiary alicyclic amines) is 1. The number of piperidine rings is 1. The predicted octanol–water partition coefficient (Wildman–Crippen LogP) is 3.36. The lowest BCUT2D eigenvalue weighted by Gasteiger charge is -2.33. The van der Waals surface area contributed by atoms with Crippen molar-refractivity contribution in [1.29, 1.82) is 0 Å². The maximum Gasteiger partial charge on any atom is 0.191 e. The van der Waals surface area contributed by atoms with Gasteiger partial charge in [0.25, 0.3) is 0 Å². The highest BCUT2D eigenvalue weighted by Crippen LogP contribution is 2.22. The summed E-state index contributed by atoms with van der Waals surface area (Å²) in [6, 6.07) is 5.30. The van der Waals surface area contributed by atoms with Crippen LogP contribution in [0.1, 0.15) is 51.0 Å². The van der Waals surface area contributed by atoms with Crippen LogP contribution in [0.3, 0.4) is 0 Å². The Kier molecular flexibility index (Phi) is 8.88. The summed E-state index contributed by atoms with van der Waals surface area (Å²) in [6.45, 7) is 7.25. The fourth-order valence-electron chi connectivity index (χ4n) is 4.49. The molecule has 0 aromatic heterocycles. The number of aliphatic imine (C=N–C) groups is 1. The summed E-state index contributed by atoms with van der Waals surface area (Å²) in [7, 11) is 2.22. The zero-order chi connectivity index (χ0) is 21.3. The maximum absolute atomic E-state index is 13.4. The molecule has 0 unspecified atom stereocenters. The van der Waals surface area contributed by atoms with Gasteiger partial charge in [-0.2, -0.15) is 0 Å². The maximum atomic E-state index is 13.4. The lowest BCUT2D eigenvalue weighted by molar-refractivity contribution is 0.198. The van der Waals surface area contributed by atoms with Gasteiger partial charge in [-0.1, -0.05) is 18.9 Å². The van der Waals surface area contributed by atoms with Crippen LogP contribution in [0.15, 0.2) is 23.2 Å². The van der Waals surface area contributed by atoms with Gasteiger partial charge in [-0.15, -0.1) is 0 Å². The van der Waals surface area contributed by atoms with Gasteiger partial charge >= 0.3 is 0 Å². The first-order valence-electron chi connectivity index (χ1n) is 11.5. The Labute approximate surface area is 179 Å². The van der Waals surface area contributed by atoms with Crippen LogP contribution < -0.4 is 10.6 Å². The third-order valence-corrected chi connectivity index (χ3v) is 6.33. The molecule has 168 valence electrons. The Hall–Kier alpha value is -1.73. The van der Waals surface area contributed by atoms with E-state index in [9.17, 15) is 8.78 Å². The largest absolute Gasteiger partial charge is 0.357 e. The van der Waals surface area contributed by atoms with Gasteiger partial charge in [0, 0.05) is 44.8 Å². The molecule has 1 heterocycles. The highest BCUT2D eigenvalue weighted by Gasteiger charge is 2.21. The SMILES string of the molecule is CCNC(=NCCN(C)C1CCCC1)NC1CCN(Cc2ccc(F)c(F)c2)CC1. The van der Waals surface area contributed by atoms with Crippen LogP contribution in [0.4, 0.5) is 8.78 Å². The molecule has 0 spiro atoms. The fraction of sp³-hybridized carbons (Fsp3) is 0.696. The quantitative estimate of drug-likeness (QED) is 0.499. The van der Waals surface area contributed by atoms with Crippen LogP contribution in [-0.4, -0.2) is 67.6 Å². The van der Waals surface area contributed by atoms with E-state index in [1.807, 2.05) is 0 Å². The molecule has 1 saturated carbocycles. The molecule has 0 radical (unpaired) electrons. The molecule has 5 nitrogen and oxygen atoms in total. The third-order valence-electron chi connectivity index (χ3n) is 6.33. The molecule has 1 aliphatic heterocycles. The van der Waals surface area contributed by atoms with Crippen LogP contribution in [-0.2, 0) is 6.54 Å². The molecule has 7 heteroatoms. The number of nitrogens with one attached hydrogen (secondary N) is 2. The van der Waals surface area contributed by atoms with Gasteiger partial charge in [-0.3, -0.25) is 9.89 Å². The Morgan fingerprint density at radius 2 is 1.87 bits per heavy atom. The van der Waals surface area contributed by atoms with Crippen LogP contribution in [0.25, 0.3) is 0 Å². The van der Waals surface area contributed by atoms with Gasteiger partial charge in [0.15, 0.2) is 17.6 Å². The lowest BCUT2D eigenvalue weighted by atomic mass is 10.0. The molecule has 2 fully saturated rings. The molecular weight excluding hydrogens is 384 g/mol. The molecule has 2 N–H and O–H groups in total. The van der Waals surface area contributed by atoms with Crippen molar-refractivity contribution < 1.29 is 8.78 Å². The second-order valence-electron chi connectivity index (χ2n) is 8.62. The van der Waals surface area contributed by atoms with Crippen LogP contribution in [0.5, 0.6) is 0 Å². The van der Waals surface area contributed by atoms with Gasteiger partial charge in [-0.05, 0) is 57.4 Å². The van der Waals surface area contributed by atoms with E-state index in [4.69, 9.17) is 4.99 Å². The van der Waals surface area contributed by atoms with Crippen molar-refractivity contribution in [2.24, 2.45) is 4.99 Å². The summed E-state index contributed by atoms with van der Waals surface area (Å²) in [5, 5.41) is 6.95. The van der Waals surface area contributed by atoms with E-state index in [1.54, 1.807) is 6.07 Å². The fourth-order valence-corrected chi connectivity index (χ4v) is 4.49. The number of hydrogen-bond acceptors (Lipinski definition) is 3. The summed E-state index contributed by atoms with van der Waals surface area (Å²) in [5.41, 5.74) is 0.821. The van der Waals surface area contributed by atoms with Crippen molar-refractivity contribution in [3.63, 3.8) is 0 Å². The molecule has 1 aromatic rings. The van der Waals surface area contributed by atoms with Crippen molar-refractivity contribution >= 4 is 5.96 Å². The number of guanidine groups is 1. The molecule has 1 aromatic carbocycles. The first-order chi connectivity index (χ1) is 14.5. The Morgan fingerprint density at radius 1 is 1.13 bits per heavy atom. The molecule has 0 bridgehead atoms. The van der Waals surface area contributed by atoms with Gasteiger partial charge in [0.05, 0.1) is 6.54 Å². The zero-order valence-electron chi connectivity index (χ0n) is 18.5. The summed E-state index contributed by atoms with van der Waals surface area (Å²) in [6.07, 6.45) is 7.38. The minimum absolute atomic E-state index is 0.386. The third kappa shape index (κ3) is 6.91. The van der Waals surface area contributed by atoms with E-state index < -0.39 is 11.6 Å². The topological polar surface area (TPSA) is 42.9 Å². The van der Waals surface area contributed by atoms with E-state index in [2.05, 4.69) is 34.4 Å². The zero-order valence-corrected chi connectivity index (χ0v) is 18.5. The van der Waals surface area contributed by atoms with Gasteiger partial charge < -0.3 is 15.5 Å². The average molecular weight is 422 g/mol. The molecule has 1 saturated heterocycles. The number of rotatable bonds is 8. The van der Waals surface area contributed by atoms with Gasteiger partial charge in [0.2, 0.25) is 0 Å². The number of benzene rings is 1. The molecule has 0 atom stereocenters. The molecular formula is C23H37F2N5. The van der Waals surface area contributed by atoms with Gasteiger partial charge in [-0.25, -0.2) is 8.78 Å². The van der Waals surface area contributed by atoms with Crippen molar-refractivity contribution in [3.05, 3.63) is 35.4 Å². The Bertz CT molecular complexity index is 682. The monoisotopic (exact) mass is 421 g/mol. The molecule has 2 aliphatic rings. The standard InChI is InChI=1S/C23H37F2N5/c1-3-26-23(27-12-15-29(2)20-6-4-5-7-20)28-19-10-13-30(14-11-19)17-18-8-9-21(24)22(25)16-18/h8-9,16,19-20H,3-7,10-15,17H2,1-2H3,(H2,26,27,28). The van der Waals surface area contributed by atoms with Crippen LogP contribution in [0, 0.1) is 11.6 Å². The van der Waals surface area contributed by atoms with Crippen molar-refractivity contribution in [1.82, 2.24) is 20.4 Å².